The van der Waals surface area contributed by atoms with E-state index in [1.807, 2.05) is 0 Å². The average molecular weight is 318 g/mol. The third kappa shape index (κ3) is 3.03. The lowest BCUT2D eigenvalue weighted by atomic mass is 9.97. The lowest BCUT2D eigenvalue weighted by molar-refractivity contribution is -0.143. The maximum Gasteiger partial charge on any atom is 0.436 e. The second kappa shape index (κ2) is 5.45. The van der Waals surface area contributed by atoms with Gasteiger partial charge in [0, 0.05) is 19.1 Å². The van der Waals surface area contributed by atoms with Gasteiger partial charge in [0.1, 0.15) is 0 Å². The summed E-state index contributed by atoms with van der Waals surface area (Å²) in [6.45, 7) is 2.63. The van der Waals surface area contributed by atoms with Crippen molar-refractivity contribution >= 4 is 5.91 Å². The molecule has 0 aromatic carbocycles. The molecule has 120 valence electrons. The number of carbonyl (C=O) groups excluding carboxylic acids is 1. The quantitative estimate of drug-likeness (QED) is 0.839. The molecule has 3 rings (SSSR count). The first kappa shape index (κ1) is 15.1. The van der Waals surface area contributed by atoms with Crippen molar-refractivity contribution in [2.24, 2.45) is 5.92 Å². The van der Waals surface area contributed by atoms with Crippen LogP contribution in [0.1, 0.15) is 29.2 Å². The number of hydrogen-bond acceptors (Lipinski definition) is 4. The van der Waals surface area contributed by atoms with Gasteiger partial charge in [0.15, 0.2) is 11.5 Å². The highest BCUT2D eigenvalue weighted by atomic mass is 19.4. The molecule has 9 heteroatoms. The highest BCUT2D eigenvalue weighted by Gasteiger charge is 2.38. The third-order valence-electron chi connectivity index (χ3n) is 4.02. The molecule has 0 spiro atoms. The zero-order chi connectivity index (χ0) is 15.9. The van der Waals surface area contributed by atoms with Crippen LogP contribution in [0.25, 0.3) is 0 Å². The monoisotopic (exact) mass is 318 g/mol. The van der Waals surface area contributed by atoms with Crippen molar-refractivity contribution in [3.63, 3.8) is 0 Å². The zero-order valence-electron chi connectivity index (χ0n) is 11.5. The maximum atomic E-state index is 13.1. The molecule has 5 nitrogen and oxygen atoms in total. The number of piperidine rings is 1. The van der Waals surface area contributed by atoms with E-state index in [0.717, 1.165) is 25.9 Å². The average Bonchev–Trinajstić information content (AvgIpc) is 2.77. The minimum Gasteiger partial charge on any atom is -0.345 e. The van der Waals surface area contributed by atoms with E-state index in [2.05, 4.69) is 20.2 Å². The molecular formula is C13H14F4N4O. The standard InChI is InChI=1S/C13H14F4N4O/c14-9-4-18-11(20-10(9)13(15,16)17)12(22)19-8-3-7-1-2-21(5-7)6-8/h4,7-8H,1-3,5-6H2,(H,19,22)/t7-,8-/m1/s1. The maximum absolute atomic E-state index is 13.1. The fourth-order valence-electron chi connectivity index (χ4n) is 3.09. The topological polar surface area (TPSA) is 58.1 Å². The number of aromatic nitrogens is 2. The van der Waals surface area contributed by atoms with Crippen molar-refractivity contribution < 1.29 is 22.4 Å². The minimum atomic E-state index is -4.96. The summed E-state index contributed by atoms with van der Waals surface area (Å²) in [6, 6.07) is -0.142. The summed E-state index contributed by atoms with van der Waals surface area (Å²) in [5.41, 5.74) is -1.72. The molecule has 2 bridgehead atoms. The second-order valence-corrected chi connectivity index (χ2v) is 5.71. The molecule has 1 aromatic heterocycles. The summed E-state index contributed by atoms with van der Waals surface area (Å²) >= 11 is 0. The van der Waals surface area contributed by atoms with Crippen molar-refractivity contribution in [1.29, 1.82) is 0 Å². The molecule has 3 heterocycles. The molecule has 22 heavy (non-hydrogen) atoms. The lowest BCUT2D eigenvalue weighted by Crippen LogP contribution is -2.47. The SMILES string of the molecule is O=C(N[C@@H]1C[C@H]2CCN(C2)C1)c1ncc(F)c(C(F)(F)F)n1. The van der Waals surface area contributed by atoms with Crippen molar-refractivity contribution in [1.82, 2.24) is 20.2 Å². The number of nitrogens with one attached hydrogen (secondary N) is 1. The fourth-order valence-corrected chi connectivity index (χ4v) is 3.09. The lowest BCUT2D eigenvalue weighted by Gasteiger charge is -2.30. The minimum absolute atomic E-state index is 0.142. The van der Waals surface area contributed by atoms with Gasteiger partial charge in [-0.2, -0.15) is 13.2 Å². The van der Waals surface area contributed by atoms with Crippen LogP contribution in [-0.4, -0.2) is 46.5 Å². The highest BCUT2D eigenvalue weighted by molar-refractivity contribution is 5.90. The van der Waals surface area contributed by atoms with E-state index in [-0.39, 0.29) is 6.04 Å². The first-order valence-corrected chi connectivity index (χ1v) is 6.96. The molecule has 0 aliphatic carbocycles. The molecule has 2 fully saturated rings. The predicted octanol–water partition coefficient (Wildman–Crippen LogP) is 1.46. The number of hydrogen-bond donors (Lipinski definition) is 1. The Labute approximate surface area is 123 Å². The predicted molar refractivity (Wildman–Crippen MR) is 67.4 cm³/mol. The van der Waals surface area contributed by atoms with E-state index >= 15 is 0 Å². The summed E-state index contributed by atoms with van der Waals surface area (Å²) in [7, 11) is 0. The number of nitrogens with zero attached hydrogens (tertiary/aromatic N) is 3. The molecule has 3 atom stereocenters. The van der Waals surface area contributed by atoms with Gasteiger partial charge in [-0.05, 0) is 25.3 Å². The van der Waals surface area contributed by atoms with Gasteiger partial charge >= 0.3 is 6.18 Å². The van der Waals surface area contributed by atoms with Crippen LogP contribution in [0.3, 0.4) is 0 Å². The molecule has 1 unspecified atom stereocenters. The molecule has 1 N–H and O–H groups in total. The number of rotatable bonds is 2. The molecule has 1 aromatic rings. The molecular weight excluding hydrogens is 304 g/mol. The smallest absolute Gasteiger partial charge is 0.345 e. The Hall–Kier alpha value is -1.77. The number of halogens is 4. The molecule has 2 aliphatic heterocycles. The number of alkyl halides is 3. The van der Waals surface area contributed by atoms with E-state index in [1.165, 1.54) is 0 Å². The zero-order valence-corrected chi connectivity index (χ0v) is 11.5. The van der Waals surface area contributed by atoms with E-state index in [0.29, 0.717) is 18.7 Å². The second-order valence-electron chi connectivity index (χ2n) is 5.71. The summed E-state index contributed by atoms with van der Waals surface area (Å²) < 4.78 is 50.9. The third-order valence-corrected chi connectivity index (χ3v) is 4.02. The van der Waals surface area contributed by atoms with Gasteiger partial charge in [-0.15, -0.1) is 0 Å². The van der Waals surface area contributed by atoms with Crippen molar-refractivity contribution in [2.45, 2.75) is 25.1 Å². The Balaban J connectivity index is 1.72. The van der Waals surface area contributed by atoms with E-state index in [9.17, 15) is 22.4 Å². The normalized spacial score (nSPS) is 27.7. The van der Waals surface area contributed by atoms with Crippen LogP contribution in [0.4, 0.5) is 17.6 Å². The number of carbonyl (C=O) groups is 1. The van der Waals surface area contributed by atoms with Crippen LogP contribution in [-0.2, 0) is 6.18 Å². The molecule has 0 saturated carbocycles. The van der Waals surface area contributed by atoms with Gasteiger partial charge in [-0.25, -0.2) is 14.4 Å². The van der Waals surface area contributed by atoms with Crippen molar-refractivity contribution in [2.75, 3.05) is 19.6 Å². The Bertz CT molecular complexity index is 580. The van der Waals surface area contributed by atoms with Gasteiger partial charge in [0.05, 0.1) is 6.20 Å². The van der Waals surface area contributed by atoms with Crippen LogP contribution in [0.15, 0.2) is 6.20 Å². The van der Waals surface area contributed by atoms with Crippen molar-refractivity contribution in [3.8, 4) is 0 Å². The summed E-state index contributed by atoms with van der Waals surface area (Å²) in [5, 5.41) is 2.64. The van der Waals surface area contributed by atoms with Gasteiger partial charge in [-0.1, -0.05) is 0 Å². The Morgan fingerprint density at radius 3 is 2.82 bits per heavy atom. The van der Waals surface area contributed by atoms with Crippen LogP contribution in [0.2, 0.25) is 0 Å². The molecule has 2 aliphatic rings. The fraction of sp³-hybridized carbons (Fsp3) is 0.615. The van der Waals surface area contributed by atoms with Crippen LogP contribution < -0.4 is 5.32 Å². The Morgan fingerprint density at radius 2 is 2.14 bits per heavy atom. The first-order chi connectivity index (χ1) is 10.3. The van der Waals surface area contributed by atoms with Gasteiger partial charge in [0.2, 0.25) is 5.82 Å². The molecule has 1 amide bonds. The largest absolute Gasteiger partial charge is 0.436 e. The Kier molecular flexibility index (Phi) is 3.75. The van der Waals surface area contributed by atoms with Crippen LogP contribution >= 0.6 is 0 Å². The number of fused-ring (bicyclic) bond motifs is 2. The van der Waals surface area contributed by atoms with Gasteiger partial charge in [0.25, 0.3) is 5.91 Å². The first-order valence-electron chi connectivity index (χ1n) is 6.96. The van der Waals surface area contributed by atoms with Crippen molar-refractivity contribution in [3.05, 3.63) is 23.5 Å². The van der Waals surface area contributed by atoms with E-state index in [1.54, 1.807) is 0 Å². The number of amides is 1. The van der Waals surface area contributed by atoms with E-state index < -0.39 is 29.4 Å². The van der Waals surface area contributed by atoms with Crippen LogP contribution in [0, 0.1) is 11.7 Å². The summed E-state index contributed by atoms with van der Waals surface area (Å²) in [4.78, 5) is 20.6. The van der Waals surface area contributed by atoms with E-state index in [4.69, 9.17) is 0 Å². The van der Waals surface area contributed by atoms with Gasteiger partial charge in [-0.3, -0.25) is 4.79 Å². The molecule has 2 saturated heterocycles. The summed E-state index contributed by atoms with van der Waals surface area (Å²) in [5.74, 6) is -2.57. The van der Waals surface area contributed by atoms with Crippen LogP contribution in [0.5, 0.6) is 0 Å². The van der Waals surface area contributed by atoms with Gasteiger partial charge < -0.3 is 10.2 Å². The molecule has 0 radical (unpaired) electrons. The Morgan fingerprint density at radius 1 is 1.36 bits per heavy atom. The summed E-state index contributed by atoms with van der Waals surface area (Å²) in [6.07, 6.45) is -2.73. The highest BCUT2D eigenvalue weighted by Crippen LogP contribution is 2.29.